The van der Waals surface area contributed by atoms with Crippen LogP contribution in [0.15, 0.2) is 24.3 Å². The van der Waals surface area contributed by atoms with Crippen LogP contribution in [0.3, 0.4) is 0 Å². The normalized spacial score (nSPS) is 43.4. The third-order valence-corrected chi connectivity index (χ3v) is 13.1. The zero-order valence-corrected chi connectivity index (χ0v) is 23.8. The van der Waals surface area contributed by atoms with Crippen LogP contribution in [0.25, 0.3) is 0 Å². The minimum Gasteiger partial charge on any atom is -0.405 e. The number of rotatable bonds is 6. The van der Waals surface area contributed by atoms with Gasteiger partial charge in [-0.3, -0.25) is 0 Å². The highest BCUT2D eigenvalue weighted by atomic mass is 28.4. The lowest BCUT2D eigenvalue weighted by atomic mass is 9.74. The number of ether oxygens (including phenoxy) is 3. The van der Waals surface area contributed by atoms with E-state index < -0.39 is 31.2 Å². The van der Waals surface area contributed by atoms with E-state index in [1.165, 1.54) is 0 Å². The fourth-order valence-electron chi connectivity index (χ4n) is 5.44. The zero-order chi connectivity index (χ0) is 25.6. The second-order valence-corrected chi connectivity index (χ2v) is 17.4. The average molecular weight is 497 g/mol. The second kappa shape index (κ2) is 9.73. The molecule has 7 heteroatoms. The van der Waals surface area contributed by atoms with E-state index >= 15 is 0 Å². The van der Waals surface area contributed by atoms with E-state index in [-0.39, 0.29) is 36.1 Å². The van der Waals surface area contributed by atoms with Gasteiger partial charge < -0.3 is 28.8 Å². The molecule has 2 N–H and O–H groups in total. The Balaban J connectivity index is 1.83. The van der Waals surface area contributed by atoms with Gasteiger partial charge in [0.1, 0.15) is 17.8 Å². The maximum absolute atomic E-state index is 11.2. The molecule has 2 saturated heterocycles. The van der Waals surface area contributed by atoms with Crippen molar-refractivity contribution in [1.82, 2.24) is 0 Å². The summed E-state index contributed by atoms with van der Waals surface area (Å²) in [6.07, 6.45) is 9.48. The van der Waals surface area contributed by atoms with Crippen LogP contribution in [0.2, 0.25) is 18.1 Å². The van der Waals surface area contributed by atoms with Gasteiger partial charge in [-0.1, -0.05) is 45.1 Å². The van der Waals surface area contributed by atoms with Gasteiger partial charge in [0.15, 0.2) is 8.32 Å². The van der Waals surface area contributed by atoms with Crippen molar-refractivity contribution >= 4 is 8.32 Å². The van der Waals surface area contributed by atoms with E-state index in [9.17, 15) is 10.2 Å². The summed E-state index contributed by atoms with van der Waals surface area (Å²) in [6.45, 7) is 18.8. The van der Waals surface area contributed by atoms with Crippen molar-refractivity contribution in [2.45, 2.75) is 140 Å². The Morgan fingerprint density at radius 2 is 1.82 bits per heavy atom. The minimum atomic E-state index is -2.13. The minimum absolute atomic E-state index is 0.0310. The van der Waals surface area contributed by atoms with Crippen LogP contribution < -0.4 is 0 Å². The largest absolute Gasteiger partial charge is 0.405 e. The fraction of sp³-hybridized carbons (Fsp3) is 0.852. The summed E-state index contributed by atoms with van der Waals surface area (Å²) in [5.41, 5.74) is -2.35. The molecule has 3 aliphatic rings. The molecule has 3 aliphatic heterocycles. The molecule has 34 heavy (non-hydrogen) atoms. The predicted octanol–water partition coefficient (Wildman–Crippen LogP) is 4.90. The number of hydrogen-bond acceptors (Lipinski definition) is 6. The zero-order valence-electron chi connectivity index (χ0n) is 22.8. The van der Waals surface area contributed by atoms with Crippen LogP contribution in [0.5, 0.6) is 0 Å². The lowest BCUT2D eigenvalue weighted by molar-refractivity contribution is -0.307. The summed E-state index contributed by atoms with van der Waals surface area (Å²) in [6, 6.07) is 0. The highest BCUT2D eigenvalue weighted by Crippen LogP contribution is 2.47. The first kappa shape index (κ1) is 28.0. The Morgan fingerprint density at radius 3 is 2.41 bits per heavy atom. The Kier molecular flexibility index (Phi) is 8.02. The molecule has 3 rings (SSSR count). The van der Waals surface area contributed by atoms with E-state index in [0.717, 1.165) is 12.8 Å². The molecule has 8 atom stereocenters. The number of hydrogen-bond donors (Lipinski definition) is 2. The van der Waals surface area contributed by atoms with Crippen molar-refractivity contribution in [3.8, 4) is 0 Å². The summed E-state index contributed by atoms with van der Waals surface area (Å²) in [5.74, 6) is 0. The molecule has 6 nitrogen and oxygen atoms in total. The highest BCUT2D eigenvalue weighted by Gasteiger charge is 2.57. The molecular weight excluding hydrogens is 448 g/mol. The van der Waals surface area contributed by atoms with Gasteiger partial charge >= 0.3 is 0 Å². The summed E-state index contributed by atoms with van der Waals surface area (Å²) >= 11 is 0. The third kappa shape index (κ3) is 5.56. The van der Waals surface area contributed by atoms with E-state index in [2.05, 4.69) is 39.9 Å². The lowest BCUT2D eigenvalue weighted by Crippen LogP contribution is -2.65. The Labute approximate surface area is 207 Å². The molecule has 0 aromatic carbocycles. The van der Waals surface area contributed by atoms with Gasteiger partial charge in [0.05, 0.1) is 36.1 Å². The van der Waals surface area contributed by atoms with Gasteiger partial charge in [0.2, 0.25) is 0 Å². The van der Waals surface area contributed by atoms with Crippen molar-refractivity contribution in [2.75, 3.05) is 6.61 Å². The first-order valence-electron chi connectivity index (χ1n) is 12.9. The van der Waals surface area contributed by atoms with Gasteiger partial charge in [-0.25, -0.2) is 0 Å². The molecule has 0 unspecified atom stereocenters. The van der Waals surface area contributed by atoms with Crippen molar-refractivity contribution in [3.05, 3.63) is 24.3 Å². The van der Waals surface area contributed by atoms with E-state index in [0.29, 0.717) is 12.8 Å². The van der Waals surface area contributed by atoms with Gasteiger partial charge in [-0.15, -0.1) is 0 Å². The number of allylic oxidation sites excluding steroid dienone is 2. The van der Waals surface area contributed by atoms with Crippen LogP contribution in [0.1, 0.15) is 74.1 Å². The predicted molar refractivity (Wildman–Crippen MR) is 137 cm³/mol. The molecule has 0 aromatic rings. The van der Waals surface area contributed by atoms with E-state index in [1.807, 2.05) is 45.9 Å². The van der Waals surface area contributed by atoms with Crippen molar-refractivity contribution in [1.29, 1.82) is 0 Å². The average Bonchev–Trinajstić information content (AvgIpc) is 2.81. The van der Waals surface area contributed by atoms with Crippen LogP contribution >= 0.6 is 0 Å². The summed E-state index contributed by atoms with van der Waals surface area (Å²) in [5, 5.41) is 21.6. The molecule has 0 bridgehead atoms. The van der Waals surface area contributed by atoms with Gasteiger partial charge in [-0.05, 0) is 58.7 Å². The molecule has 0 spiro atoms. The van der Waals surface area contributed by atoms with Crippen molar-refractivity contribution < 1.29 is 28.8 Å². The molecule has 196 valence electrons. The third-order valence-electron chi connectivity index (χ3n) is 8.50. The molecule has 0 radical (unpaired) electrons. The number of aliphatic hydroxyl groups is 2. The first-order chi connectivity index (χ1) is 15.6. The summed E-state index contributed by atoms with van der Waals surface area (Å²) in [7, 11) is -2.13. The second-order valence-electron chi connectivity index (χ2n) is 12.7. The SMILES string of the molecule is C/C=C\CC[C@@H]1O[C@@H]2C[C@@H]3O[C@H](CO)[C@@](C)(O[Si](C)(C)C(C)(C)C)C=C[C@H]3O[C@@]2(C)C[C@@]1(C)O. The quantitative estimate of drug-likeness (QED) is 0.402. The smallest absolute Gasteiger partial charge is 0.193 e. The molecule has 0 saturated carbocycles. The maximum Gasteiger partial charge on any atom is 0.193 e. The lowest BCUT2D eigenvalue weighted by Gasteiger charge is -2.55. The first-order valence-corrected chi connectivity index (χ1v) is 15.8. The number of aliphatic hydroxyl groups excluding tert-OH is 1. The molecule has 0 aromatic heterocycles. The van der Waals surface area contributed by atoms with Gasteiger partial charge in [0.25, 0.3) is 0 Å². The molecular formula is C27H48O6Si. The van der Waals surface area contributed by atoms with Gasteiger partial charge in [0, 0.05) is 12.8 Å². The van der Waals surface area contributed by atoms with Crippen LogP contribution in [0, 0.1) is 0 Å². The molecule has 0 amide bonds. The van der Waals surface area contributed by atoms with E-state index in [4.69, 9.17) is 18.6 Å². The molecule has 0 aliphatic carbocycles. The fourth-order valence-corrected chi connectivity index (χ4v) is 7.04. The van der Waals surface area contributed by atoms with Crippen LogP contribution in [0.4, 0.5) is 0 Å². The summed E-state index contributed by atoms with van der Waals surface area (Å²) in [4.78, 5) is 0. The van der Waals surface area contributed by atoms with Gasteiger partial charge in [-0.2, -0.15) is 0 Å². The van der Waals surface area contributed by atoms with Crippen molar-refractivity contribution in [2.24, 2.45) is 0 Å². The van der Waals surface area contributed by atoms with E-state index in [1.54, 1.807) is 0 Å². The van der Waals surface area contributed by atoms with Crippen LogP contribution in [-0.4, -0.2) is 72.5 Å². The monoisotopic (exact) mass is 496 g/mol. The maximum atomic E-state index is 11.2. The Morgan fingerprint density at radius 1 is 1.15 bits per heavy atom. The van der Waals surface area contributed by atoms with Crippen molar-refractivity contribution in [3.63, 3.8) is 0 Å². The number of fused-ring (bicyclic) bond motifs is 2. The van der Waals surface area contributed by atoms with Crippen LogP contribution in [-0.2, 0) is 18.6 Å². The highest BCUT2D eigenvalue weighted by molar-refractivity contribution is 6.74. The Hall–Kier alpha value is -0.543. The summed E-state index contributed by atoms with van der Waals surface area (Å²) < 4.78 is 26.4. The standard InChI is InChI=1S/C27H48O6Si/c1-10-11-12-13-21-25(5,29)18-27(7)22(31-21)16-20-19(32-27)14-15-26(6,23(17-28)30-20)33-34(8,9)24(2,3)4/h10-11,14-15,19-23,28-29H,12-13,16-18H2,1-9H3/b11-10-/t19-,20+,21+,22-,23-,25-,26+,27+/m1/s1. The Bertz CT molecular complexity index is 772. The molecule has 3 heterocycles. The topological polar surface area (TPSA) is 77.4 Å². The molecule has 2 fully saturated rings.